The largest absolute Gasteiger partial charge is 0.497 e. The van der Waals surface area contributed by atoms with Gasteiger partial charge in [0.1, 0.15) is 17.4 Å². The third-order valence-electron chi connectivity index (χ3n) is 6.85. The Labute approximate surface area is 209 Å². The lowest BCUT2D eigenvalue weighted by Crippen LogP contribution is -2.43. The maximum atomic E-state index is 14.1. The molecule has 1 aliphatic heterocycles. The van der Waals surface area contributed by atoms with Gasteiger partial charge in [-0.15, -0.1) is 0 Å². The van der Waals surface area contributed by atoms with Gasteiger partial charge in [0.05, 0.1) is 34.0 Å². The van der Waals surface area contributed by atoms with Crippen molar-refractivity contribution >= 4 is 17.7 Å². The summed E-state index contributed by atoms with van der Waals surface area (Å²) in [5.74, 6) is -2.58. The van der Waals surface area contributed by atoms with E-state index in [9.17, 15) is 14.4 Å². The molecule has 1 N–H and O–H groups in total. The number of hydrogen-bond donors (Lipinski definition) is 1. The van der Waals surface area contributed by atoms with Gasteiger partial charge in [0.25, 0.3) is 0 Å². The fraction of sp³-hybridized carbons (Fsp3) is 0.321. The molecule has 2 aliphatic rings. The molecule has 3 atom stereocenters. The maximum absolute atomic E-state index is 14.1. The first kappa shape index (κ1) is 25.0. The van der Waals surface area contributed by atoms with Gasteiger partial charge in [0.2, 0.25) is 0 Å². The number of methoxy groups -OCH3 is 4. The molecule has 8 nitrogen and oxygen atoms in total. The molecule has 0 fully saturated rings. The molecule has 188 valence electrons. The molecule has 0 radical (unpaired) electrons. The Morgan fingerprint density at radius 2 is 1.58 bits per heavy atom. The van der Waals surface area contributed by atoms with Crippen LogP contribution in [0.15, 0.2) is 71.1 Å². The highest BCUT2D eigenvalue weighted by molar-refractivity contribution is 6.13. The fourth-order valence-electron chi connectivity index (χ4n) is 5.13. The van der Waals surface area contributed by atoms with Crippen LogP contribution in [0.2, 0.25) is 0 Å². The number of carbonyl (C=O) groups is 3. The van der Waals surface area contributed by atoms with E-state index < -0.39 is 35.5 Å². The van der Waals surface area contributed by atoms with Crippen LogP contribution in [0.3, 0.4) is 0 Å². The molecule has 2 aromatic rings. The third kappa shape index (κ3) is 4.34. The van der Waals surface area contributed by atoms with Gasteiger partial charge in [-0.25, -0.2) is 4.79 Å². The monoisotopic (exact) mass is 491 g/mol. The molecular weight excluding hydrogens is 462 g/mol. The molecular formula is C28H29NO7. The van der Waals surface area contributed by atoms with E-state index in [1.54, 1.807) is 51.5 Å². The first-order valence-electron chi connectivity index (χ1n) is 11.5. The van der Waals surface area contributed by atoms with Crippen molar-refractivity contribution in [3.63, 3.8) is 0 Å². The van der Waals surface area contributed by atoms with Crippen LogP contribution in [0.25, 0.3) is 0 Å². The highest BCUT2D eigenvalue weighted by Crippen LogP contribution is 2.48. The van der Waals surface area contributed by atoms with Crippen molar-refractivity contribution in [3.8, 4) is 11.5 Å². The van der Waals surface area contributed by atoms with Crippen LogP contribution in [-0.2, 0) is 23.9 Å². The van der Waals surface area contributed by atoms with Crippen molar-refractivity contribution in [3.05, 3.63) is 82.2 Å². The van der Waals surface area contributed by atoms with Crippen LogP contribution < -0.4 is 14.8 Å². The van der Waals surface area contributed by atoms with Gasteiger partial charge in [0, 0.05) is 28.8 Å². The summed E-state index contributed by atoms with van der Waals surface area (Å²) in [5, 5.41) is 3.27. The van der Waals surface area contributed by atoms with Crippen molar-refractivity contribution in [1.82, 2.24) is 5.32 Å². The second-order valence-electron chi connectivity index (χ2n) is 8.71. The number of ketones is 1. The molecule has 0 amide bonds. The molecule has 1 aliphatic carbocycles. The second-order valence-corrected chi connectivity index (χ2v) is 8.71. The van der Waals surface area contributed by atoms with Gasteiger partial charge in [0.15, 0.2) is 5.78 Å². The van der Waals surface area contributed by atoms with E-state index in [2.05, 4.69) is 5.32 Å². The molecule has 1 heterocycles. The highest BCUT2D eigenvalue weighted by atomic mass is 16.5. The summed E-state index contributed by atoms with van der Waals surface area (Å²) in [4.78, 5) is 40.1. The van der Waals surface area contributed by atoms with Crippen LogP contribution in [0.1, 0.15) is 36.3 Å². The number of nitrogens with one attached hydrogen (secondary N) is 1. The Kier molecular flexibility index (Phi) is 7.15. The molecule has 0 aromatic heterocycles. The fourth-order valence-corrected chi connectivity index (χ4v) is 5.13. The first-order valence-corrected chi connectivity index (χ1v) is 11.5. The standard InChI is InChI=1S/C28H29NO7/c1-15-22(27(31)35-4)23(17-7-6-8-19(13-17)34-3)25-21(29-15)14-20(24(26(25)30)28(32)36-5)16-9-11-18(33-2)12-10-16/h6-13,20,23-24,29H,14H2,1-5H3/t20-,23-,24+/m0/s1. The Morgan fingerprint density at radius 1 is 0.889 bits per heavy atom. The minimum atomic E-state index is -1.07. The van der Waals surface area contributed by atoms with Gasteiger partial charge in [-0.3, -0.25) is 9.59 Å². The predicted molar refractivity (Wildman–Crippen MR) is 131 cm³/mol. The number of carbonyl (C=O) groups excluding carboxylic acids is 3. The number of ether oxygens (including phenoxy) is 4. The summed E-state index contributed by atoms with van der Waals surface area (Å²) in [6.07, 6.45) is 0.374. The van der Waals surface area contributed by atoms with E-state index in [1.807, 2.05) is 18.2 Å². The van der Waals surface area contributed by atoms with E-state index in [4.69, 9.17) is 18.9 Å². The first-order chi connectivity index (χ1) is 17.3. The van der Waals surface area contributed by atoms with Crippen molar-refractivity contribution in [2.24, 2.45) is 5.92 Å². The number of Topliss-reactive ketones (excluding diaryl/α,β-unsaturated/α-hetero) is 1. The minimum absolute atomic E-state index is 0.310. The summed E-state index contributed by atoms with van der Waals surface area (Å²) < 4.78 is 20.8. The number of benzene rings is 2. The van der Waals surface area contributed by atoms with Gasteiger partial charge < -0.3 is 24.3 Å². The van der Waals surface area contributed by atoms with E-state index in [0.717, 1.165) is 5.56 Å². The summed E-state index contributed by atoms with van der Waals surface area (Å²) in [5.41, 5.74) is 3.41. The summed E-state index contributed by atoms with van der Waals surface area (Å²) in [6, 6.07) is 14.5. The quantitative estimate of drug-likeness (QED) is 0.483. The molecule has 4 rings (SSSR count). The van der Waals surface area contributed by atoms with Gasteiger partial charge in [-0.1, -0.05) is 24.3 Å². The Hall–Kier alpha value is -4.07. The van der Waals surface area contributed by atoms with Gasteiger partial charge in [-0.2, -0.15) is 0 Å². The number of dihydropyridines is 1. The predicted octanol–water partition coefficient (Wildman–Crippen LogP) is 3.64. The minimum Gasteiger partial charge on any atom is -0.497 e. The zero-order valence-corrected chi connectivity index (χ0v) is 20.9. The SMILES string of the molecule is COC(=O)C1=C(C)NC2=C(C(=O)[C@H](C(=O)OC)[C@H](c3ccc(OC)cc3)C2)[C@H]1c1cccc(OC)c1. The summed E-state index contributed by atoms with van der Waals surface area (Å²) >= 11 is 0. The smallest absolute Gasteiger partial charge is 0.336 e. The topological polar surface area (TPSA) is 100 Å². The van der Waals surface area contributed by atoms with E-state index in [0.29, 0.717) is 46.0 Å². The van der Waals surface area contributed by atoms with Crippen molar-refractivity contribution in [1.29, 1.82) is 0 Å². The normalized spacial score (nSPS) is 21.4. The molecule has 0 saturated heterocycles. The van der Waals surface area contributed by atoms with Crippen LogP contribution >= 0.6 is 0 Å². The molecule has 2 aromatic carbocycles. The number of esters is 2. The van der Waals surface area contributed by atoms with E-state index in [1.165, 1.54) is 14.2 Å². The Morgan fingerprint density at radius 3 is 2.19 bits per heavy atom. The summed E-state index contributed by atoms with van der Waals surface area (Å²) in [7, 11) is 5.70. The van der Waals surface area contributed by atoms with Crippen molar-refractivity contribution in [2.45, 2.75) is 25.2 Å². The lowest BCUT2D eigenvalue weighted by atomic mass is 9.67. The number of hydrogen-bond acceptors (Lipinski definition) is 8. The lowest BCUT2D eigenvalue weighted by molar-refractivity contribution is -0.150. The average molecular weight is 492 g/mol. The highest BCUT2D eigenvalue weighted by Gasteiger charge is 2.49. The molecule has 0 bridgehead atoms. The van der Waals surface area contributed by atoms with Crippen LogP contribution in [-0.4, -0.2) is 46.2 Å². The Bertz CT molecular complexity index is 1260. The molecule has 0 spiro atoms. The van der Waals surface area contributed by atoms with Crippen LogP contribution in [0.5, 0.6) is 11.5 Å². The average Bonchev–Trinajstić information content (AvgIpc) is 2.91. The van der Waals surface area contributed by atoms with Gasteiger partial charge in [-0.05, 0) is 48.7 Å². The lowest BCUT2D eigenvalue weighted by Gasteiger charge is -2.39. The van der Waals surface area contributed by atoms with Crippen LogP contribution in [0, 0.1) is 5.92 Å². The second kappa shape index (κ2) is 10.3. The van der Waals surface area contributed by atoms with Crippen molar-refractivity contribution < 1.29 is 33.3 Å². The molecule has 0 saturated carbocycles. The number of rotatable bonds is 6. The maximum Gasteiger partial charge on any atom is 0.336 e. The van der Waals surface area contributed by atoms with Crippen molar-refractivity contribution in [2.75, 3.05) is 28.4 Å². The molecule has 8 heteroatoms. The zero-order chi connectivity index (χ0) is 26.0. The van der Waals surface area contributed by atoms with Crippen LogP contribution in [0.4, 0.5) is 0 Å². The molecule has 36 heavy (non-hydrogen) atoms. The van der Waals surface area contributed by atoms with E-state index in [-0.39, 0.29) is 0 Å². The third-order valence-corrected chi connectivity index (χ3v) is 6.85. The van der Waals surface area contributed by atoms with Gasteiger partial charge >= 0.3 is 11.9 Å². The summed E-state index contributed by atoms with van der Waals surface area (Å²) in [6.45, 7) is 1.78. The Balaban J connectivity index is 1.90. The molecule has 0 unspecified atom stereocenters. The van der Waals surface area contributed by atoms with E-state index >= 15 is 0 Å². The number of allylic oxidation sites excluding steroid dienone is 3. The zero-order valence-electron chi connectivity index (χ0n) is 20.9.